The Morgan fingerprint density at radius 2 is 2.19 bits per heavy atom. The van der Waals surface area contributed by atoms with Gasteiger partial charge in [-0.3, -0.25) is 9.78 Å². The van der Waals surface area contributed by atoms with Crippen LogP contribution in [0.1, 0.15) is 22.0 Å². The Hall–Kier alpha value is -2.38. The van der Waals surface area contributed by atoms with Gasteiger partial charge in [-0.2, -0.15) is 0 Å². The Labute approximate surface area is 152 Å². The highest BCUT2D eigenvalue weighted by molar-refractivity contribution is 5.90. The summed E-state index contributed by atoms with van der Waals surface area (Å²) in [6.45, 7) is 5.51. The number of amides is 1. The summed E-state index contributed by atoms with van der Waals surface area (Å²) in [5, 5.41) is 0. The minimum absolute atomic E-state index is 0.125. The molecule has 0 aromatic carbocycles. The number of nitrogens with zero attached hydrogens (tertiary/aromatic N) is 4. The van der Waals surface area contributed by atoms with Gasteiger partial charge in [-0.25, -0.2) is 9.97 Å². The maximum absolute atomic E-state index is 12.7. The van der Waals surface area contributed by atoms with Crippen LogP contribution in [0.3, 0.4) is 0 Å². The van der Waals surface area contributed by atoms with Crippen molar-refractivity contribution in [2.24, 2.45) is 11.3 Å². The van der Waals surface area contributed by atoms with Crippen LogP contribution in [0.5, 0.6) is 0 Å². The number of fused-ring (bicyclic) bond motifs is 1. The van der Waals surface area contributed by atoms with Crippen molar-refractivity contribution in [1.29, 1.82) is 0 Å². The van der Waals surface area contributed by atoms with E-state index in [0.717, 1.165) is 11.4 Å². The Bertz CT molecular complexity index is 785. The molecule has 2 saturated heterocycles. The van der Waals surface area contributed by atoms with Gasteiger partial charge in [0.15, 0.2) is 0 Å². The van der Waals surface area contributed by atoms with Gasteiger partial charge in [0, 0.05) is 42.5 Å². The minimum Gasteiger partial charge on any atom is -0.380 e. The second-order valence-corrected chi connectivity index (χ2v) is 7.10. The molecule has 0 N–H and O–H groups in total. The number of likely N-dealkylation sites (tertiary alicyclic amines) is 1. The van der Waals surface area contributed by atoms with E-state index in [1.165, 1.54) is 0 Å². The molecular weight excluding hydrogens is 332 g/mol. The molecule has 2 aromatic heterocycles. The average molecular weight is 354 g/mol. The lowest BCUT2D eigenvalue weighted by atomic mass is 9.82. The van der Waals surface area contributed by atoms with Gasteiger partial charge in [0.1, 0.15) is 0 Å². The third-order valence-electron chi connectivity index (χ3n) is 5.15. The van der Waals surface area contributed by atoms with E-state index in [-0.39, 0.29) is 23.1 Å². The molecule has 0 spiro atoms. The number of carbonyl (C=O) groups is 1. The van der Waals surface area contributed by atoms with E-state index in [1.54, 1.807) is 18.5 Å². The SMILES string of the molecule is Cc1cccc(COC[C@]23COC[C@H]2CN(C(=O)c2ncccn2)C3)n1. The predicted molar refractivity (Wildman–Crippen MR) is 93.3 cm³/mol. The lowest BCUT2D eigenvalue weighted by Gasteiger charge is -2.26. The third-order valence-corrected chi connectivity index (χ3v) is 5.15. The van der Waals surface area contributed by atoms with Crippen molar-refractivity contribution < 1.29 is 14.3 Å². The monoisotopic (exact) mass is 354 g/mol. The van der Waals surface area contributed by atoms with Crippen LogP contribution in [-0.4, -0.2) is 58.7 Å². The normalized spacial score (nSPS) is 24.7. The zero-order valence-electron chi connectivity index (χ0n) is 14.8. The van der Waals surface area contributed by atoms with E-state index in [9.17, 15) is 4.79 Å². The van der Waals surface area contributed by atoms with Gasteiger partial charge in [0.25, 0.3) is 5.91 Å². The standard InChI is InChI=1S/C19H22N4O3/c1-14-4-2-5-16(22-14)10-26-13-19-11-23(8-15(19)9-25-12-19)18(24)17-20-6-3-7-21-17/h2-7,15H,8-13H2,1H3/t15-,19+/m1/s1. The highest BCUT2D eigenvalue weighted by Gasteiger charge is 2.52. The van der Waals surface area contributed by atoms with Crippen molar-refractivity contribution in [2.75, 3.05) is 32.9 Å². The van der Waals surface area contributed by atoms with Crippen molar-refractivity contribution in [2.45, 2.75) is 13.5 Å². The largest absolute Gasteiger partial charge is 0.380 e. The molecule has 2 aliphatic heterocycles. The van der Waals surface area contributed by atoms with E-state index in [0.29, 0.717) is 39.5 Å². The Kier molecular flexibility index (Phi) is 4.65. The molecule has 2 fully saturated rings. The first-order chi connectivity index (χ1) is 12.7. The quantitative estimate of drug-likeness (QED) is 0.809. The van der Waals surface area contributed by atoms with E-state index in [2.05, 4.69) is 15.0 Å². The summed E-state index contributed by atoms with van der Waals surface area (Å²) in [6, 6.07) is 7.62. The fraction of sp³-hybridized carbons (Fsp3) is 0.474. The second-order valence-electron chi connectivity index (χ2n) is 7.10. The number of carbonyl (C=O) groups excluding carboxylic acids is 1. The molecule has 7 heteroatoms. The summed E-state index contributed by atoms with van der Waals surface area (Å²) in [7, 11) is 0. The maximum Gasteiger partial charge on any atom is 0.291 e. The summed E-state index contributed by atoms with van der Waals surface area (Å²) in [4.78, 5) is 27.1. The number of aryl methyl sites for hydroxylation is 1. The molecule has 0 bridgehead atoms. The fourth-order valence-electron chi connectivity index (χ4n) is 3.78. The molecular formula is C19H22N4O3. The molecule has 2 aliphatic rings. The predicted octanol–water partition coefficient (Wildman–Crippen LogP) is 1.49. The van der Waals surface area contributed by atoms with Gasteiger partial charge < -0.3 is 14.4 Å². The smallest absolute Gasteiger partial charge is 0.291 e. The van der Waals surface area contributed by atoms with Gasteiger partial charge in [-0.05, 0) is 25.1 Å². The summed E-state index contributed by atoms with van der Waals surface area (Å²) in [5.74, 6) is 0.397. The summed E-state index contributed by atoms with van der Waals surface area (Å²) in [6.07, 6.45) is 3.18. The summed E-state index contributed by atoms with van der Waals surface area (Å²) in [5.41, 5.74) is 1.74. The number of hydrogen-bond donors (Lipinski definition) is 0. The van der Waals surface area contributed by atoms with E-state index in [1.807, 2.05) is 30.0 Å². The fourth-order valence-corrected chi connectivity index (χ4v) is 3.78. The van der Waals surface area contributed by atoms with Crippen LogP contribution in [0.25, 0.3) is 0 Å². The van der Waals surface area contributed by atoms with E-state index < -0.39 is 0 Å². The topological polar surface area (TPSA) is 77.4 Å². The first-order valence-electron chi connectivity index (χ1n) is 8.81. The Morgan fingerprint density at radius 3 is 3.00 bits per heavy atom. The molecule has 4 rings (SSSR count). The van der Waals surface area contributed by atoms with Crippen LogP contribution in [0, 0.1) is 18.3 Å². The van der Waals surface area contributed by atoms with Crippen LogP contribution in [0.15, 0.2) is 36.7 Å². The zero-order valence-corrected chi connectivity index (χ0v) is 14.8. The number of ether oxygens (including phenoxy) is 2. The van der Waals surface area contributed by atoms with Crippen LogP contribution >= 0.6 is 0 Å². The highest BCUT2D eigenvalue weighted by Crippen LogP contribution is 2.42. The van der Waals surface area contributed by atoms with Crippen molar-refractivity contribution in [1.82, 2.24) is 19.9 Å². The minimum atomic E-state index is -0.158. The number of hydrogen-bond acceptors (Lipinski definition) is 6. The van der Waals surface area contributed by atoms with Gasteiger partial charge in [0.05, 0.1) is 32.1 Å². The van der Waals surface area contributed by atoms with Gasteiger partial charge in [-0.1, -0.05) is 6.07 Å². The molecule has 0 radical (unpaired) electrons. The lowest BCUT2D eigenvalue weighted by Crippen LogP contribution is -2.37. The zero-order chi connectivity index (χ0) is 18.0. The maximum atomic E-state index is 12.7. The molecule has 0 saturated carbocycles. The summed E-state index contributed by atoms with van der Waals surface area (Å²) < 4.78 is 11.7. The number of aromatic nitrogens is 3. The molecule has 136 valence electrons. The third kappa shape index (κ3) is 3.32. The van der Waals surface area contributed by atoms with E-state index in [4.69, 9.17) is 9.47 Å². The van der Waals surface area contributed by atoms with Crippen LogP contribution in [0.2, 0.25) is 0 Å². The number of pyridine rings is 1. The van der Waals surface area contributed by atoms with Crippen molar-refractivity contribution >= 4 is 5.91 Å². The van der Waals surface area contributed by atoms with Gasteiger partial charge in [-0.15, -0.1) is 0 Å². The van der Waals surface area contributed by atoms with E-state index >= 15 is 0 Å². The molecule has 1 amide bonds. The molecule has 2 aromatic rings. The first kappa shape index (κ1) is 17.1. The van der Waals surface area contributed by atoms with Crippen LogP contribution < -0.4 is 0 Å². The molecule has 0 unspecified atom stereocenters. The van der Waals surface area contributed by atoms with Crippen LogP contribution in [-0.2, 0) is 16.1 Å². The molecule has 0 aliphatic carbocycles. The van der Waals surface area contributed by atoms with Crippen molar-refractivity contribution in [3.05, 3.63) is 53.9 Å². The molecule has 7 nitrogen and oxygen atoms in total. The van der Waals surface area contributed by atoms with Crippen molar-refractivity contribution in [3.63, 3.8) is 0 Å². The summed E-state index contributed by atoms with van der Waals surface area (Å²) >= 11 is 0. The Balaban J connectivity index is 1.41. The van der Waals surface area contributed by atoms with Crippen LogP contribution in [0.4, 0.5) is 0 Å². The van der Waals surface area contributed by atoms with Gasteiger partial charge >= 0.3 is 0 Å². The second kappa shape index (κ2) is 7.09. The average Bonchev–Trinajstić information content (AvgIpc) is 3.19. The number of rotatable bonds is 5. The molecule has 26 heavy (non-hydrogen) atoms. The molecule has 4 heterocycles. The first-order valence-corrected chi connectivity index (χ1v) is 8.81. The van der Waals surface area contributed by atoms with Crippen molar-refractivity contribution in [3.8, 4) is 0 Å². The highest BCUT2D eigenvalue weighted by atomic mass is 16.5. The lowest BCUT2D eigenvalue weighted by molar-refractivity contribution is 0.0173. The molecule has 2 atom stereocenters. The van der Waals surface area contributed by atoms with Gasteiger partial charge in [0.2, 0.25) is 5.82 Å². The Morgan fingerprint density at radius 1 is 1.35 bits per heavy atom.